The van der Waals surface area contributed by atoms with E-state index in [1.807, 2.05) is 42.7 Å². The van der Waals surface area contributed by atoms with E-state index < -0.39 is 0 Å². The van der Waals surface area contributed by atoms with Crippen molar-refractivity contribution in [2.24, 2.45) is 0 Å². The Balaban J connectivity index is 1.54. The molecule has 1 fully saturated rings. The van der Waals surface area contributed by atoms with Gasteiger partial charge in [-0.25, -0.2) is 4.98 Å². The molecule has 146 valence electrons. The number of nitrogens with one attached hydrogen (secondary N) is 1. The fraction of sp³-hybridized carbons (Fsp3) is 0.524. The molecule has 0 radical (unpaired) electrons. The monoisotopic (exact) mass is 370 g/mol. The number of rotatable bonds is 6. The Morgan fingerprint density at radius 3 is 2.67 bits per heavy atom. The lowest BCUT2D eigenvalue weighted by molar-refractivity contribution is -0.0679. The van der Waals surface area contributed by atoms with Crippen LogP contribution >= 0.6 is 0 Å². The van der Waals surface area contributed by atoms with Gasteiger partial charge in [-0.3, -0.25) is 9.69 Å². The normalized spacial score (nSPS) is 20.6. The number of ether oxygens (including phenoxy) is 1. The summed E-state index contributed by atoms with van der Waals surface area (Å²) in [5.74, 6) is 0.816. The SMILES string of the molecule is Cc1cc(C(=O)NCCCN2CC(C)OC(C)C2)c(C)n1-c1ccccn1. The maximum absolute atomic E-state index is 12.6. The van der Waals surface area contributed by atoms with E-state index in [2.05, 4.69) is 29.0 Å². The second-order valence-electron chi connectivity index (χ2n) is 7.43. The van der Waals surface area contributed by atoms with E-state index in [0.29, 0.717) is 12.1 Å². The number of carbonyl (C=O) groups is 1. The lowest BCUT2D eigenvalue weighted by atomic mass is 10.2. The molecule has 1 saturated heterocycles. The molecule has 6 heteroatoms. The van der Waals surface area contributed by atoms with E-state index in [1.165, 1.54) is 0 Å². The van der Waals surface area contributed by atoms with Crippen molar-refractivity contribution < 1.29 is 9.53 Å². The number of hydrogen-bond donors (Lipinski definition) is 1. The van der Waals surface area contributed by atoms with E-state index in [4.69, 9.17) is 4.74 Å². The van der Waals surface area contributed by atoms with Gasteiger partial charge in [-0.15, -0.1) is 0 Å². The minimum Gasteiger partial charge on any atom is -0.373 e. The predicted octanol–water partition coefficient (Wildman–Crippen LogP) is 2.72. The van der Waals surface area contributed by atoms with Crippen LogP contribution < -0.4 is 5.32 Å². The number of aromatic nitrogens is 2. The number of amides is 1. The molecule has 0 bridgehead atoms. The highest BCUT2D eigenvalue weighted by Crippen LogP contribution is 2.19. The molecule has 2 unspecified atom stereocenters. The van der Waals surface area contributed by atoms with Crippen molar-refractivity contribution in [1.82, 2.24) is 19.8 Å². The minimum atomic E-state index is -0.0194. The highest BCUT2D eigenvalue weighted by atomic mass is 16.5. The molecule has 1 amide bonds. The van der Waals surface area contributed by atoms with Crippen LogP contribution in [0.5, 0.6) is 0 Å². The van der Waals surface area contributed by atoms with Crippen LogP contribution in [0.4, 0.5) is 0 Å². The summed E-state index contributed by atoms with van der Waals surface area (Å²) in [4.78, 5) is 19.5. The molecule has 2 aromatic rings. The van der Waals surface area contributed by atoms with E-state index >= 15 is 0 Å². The number of nitrogens with zero attached hydrogens (tertiary/aromatic N) is 3. The van der Waals surface area contributed by atoms with Crippen molar-refractivity contribution in [2.75, 3.05) is 26.2 Å². The van der Waals surface area contributed by atoms with Gasteiger partial charge in [0, 0.05) is 43.8 Å². The summed E-state index contributed by atoms with van der Waals surface area (Å²) in [5.41, 5.74) is 2.64. The summed E-state index contributed by atoms with van der Waals surface area (Å²) in [7, 11) is 0. The Hall–Kier alpha value is -2.18. The van der Waals surface area contributed by atoms with Crippen LogP contribution in [-0.4, -0.2) is 58.7 Å². The Morgan fingerprint density at radius 1 is 1.26 bits per heavy atom. The van der Waals surface area contributed by atoms with Gasteiger partial charge in [0.15, 0.2) is 0 Å². The van der Waals surface area contributed by atoms with E-state index in [0.717, 1.165) is 43.3 Å². The molecular weight excluding hydrogens is 340 g/mol. The Labute approximate surface area is 161 Å². The molecule has 1 aliphatic heterocycles. The molecule has 1 N–H and O–H groups in total. The average molecular weight is 370 g/mol. The van der Waals surface area contributed by atoms with Crippen LogP contribution in [0.25, 0.3) is 5.82 Å². The van der Waals surface area contributed by atoms with Crippen LogP contribution in [0, 0.1) is 13.8 Å². The van der Waals surface area contributed by atoms with Crippen LogP contribution in [0.3, 0.4) is 0 Å². The Kier molecular flexibility index (Phi) is 6.29. The van der Waals surface area contributed by atoms with Gasteiger partial charge in [-0.2, -0.15) is 0 Å². The van der Waals surface area contributed by atoms with Gasteiger partial charge < -0.3 is 14.6 Å². The molecular formula is C21H30N4O2. The Morgan fingerprint density at radius 2 is 2.00 bits per heavy atom. The smallest absolute Gasteiger partial charge is 0.253 e. The van der Waals surface area contributed by atoms with E-state index in [9.17, 15) is 4.79 Å². The average Bonchev–Trinajstić information content (AvgIpc) is 2.93. The number of aryl methyl sites for hydroxylation is 1. The minimum absolute atomic E-state index is 0.0194. The lowest BCUT2D eigenvalue weighted by Crippen LogP contribution is -2.46. The van der Waals surface area contributed by atoms with Crippen LogP contribution in [0.2, 0.25) is 0 Å². The third kappa shape index (κ3) is 4.76. The van der Waals surface area contributed by atoms with Gasteiger partial charge in [-0.1, -0.05) is 6.07 Å². The summed E-state index contributed by atoms with van der Waals surface area (Å²) in [5, 5.41) is 3.06. The topological polar surface area (TPSA) is 59.4 Å². The third-order valence-electron chi connectivity index (χ3n) is 4.99. The molecule has 1 aliphatic rings. The zero-order chi connectivity index (χ0) is 19.4. The molecule has 0 aliphatic carbocycles. The quantitative estimate of drug-likeness (QED) is 0.795. The molecule has 0 spiro atoms. The largest absolute Gasteiger partial charge is 0.373 e. The fourth-order valence-electron chi connectivity index (χ4n) is 3.90. The third-order valence-corrected chi connectivity index (χ3v) is 4.99. The summed E-state index contributed by atoms with van der Waals surface area (Å²) in [6.45, 7) is 11.8. The van der Waals surface area contributed by atoms with Crippen molar-refractivity contribution in [3.05, 3.63) is 47.4 Å². The van der Waals surface area contributed by atoms with Gasteiger partial charge in [0.1, 0.15) is 5.82 Å². The molecule has 6 nitrogen and oxygen atoms in total. The Bertz CT molecular complexity index is 762. The maximum Gasteiger partial charge on any atom is 0.253 e. The first kappa shape index (κ1) is 19.6. The molecule has 3 heterocycles. The highest BCUT2D eigenvalue weighted by Gasteiger charge is 2.21. The van der Waals surface area contributed by atoms with E-state index in [-0.39, 0.29) is 18.1 Å². The summed E-state index contributed by atoms with van der Waals surface area (Å²) in [6.07, 6.45) is 3.26. The summed E-state index contributed by atoms with van der Waals surface area (Å²) >= 11 is 0. The fourth-order valence-corrected chi connectivity index (χ4v) is 3.90. The van der Waals surface area contributed by atoms with Crippen molar-refractivity contribution in [1.29, 1.82) is 0 Å². The first-order valence-corrected chi connectivity index (χ1v) is 9.72. The molecule has 27 heavy (non-hydrogen) atoms. The van der Waals surface area contributed by atoms with Crippen LogP contribution in [0.1, 0.15) is 42.0 Å². The van der Waals surface area contributed by atoms with Gasteiger partial charge >= 0.3 is 0 Å². The van der Waals surface area contributed by atoms with Crippen LogP contribution in [0.15, 0.2) is 30.5 Å². The van der Waals surface area contributed by atoms with Crippen molar-refractivity contribution in [3.8, 4) is 5.82 Å². The molecule has 0 saturated carbocycles. The number of morpholine rings is 1. The molecule has 0 aromatic carbocycles. The van der Waals surface area contributed by atoms with Crippen molar-refractivity contribution in [3.63, 3.8) is 0 Å². The van der Waals surface area contributed by atoms with Crippen molar-refractivity contribution in [2.45, 2.75) is 46.3 Å². The second kappa shape index (κ2) is 8.67. The maximum atomic E-state index is 12.6. The lowest BCUT2D eigenvalue weighted by Gasteiger charge is -2.35. The molecule has 2 atom stereocenters. The number of pyridine rings is 1. The summed E-state index contributed by atoms with van der Waals surface area (Å²) < 4.78 is 7.78. The zero-order valence-corrected chi connectivity index (χ0v) is 16.7. The first-order chi connectivity index (χ1) is 13.0. The van der Waals surface area contributed by atoms with Gasteiger partial charge in [-0.05, 0) is 52.3 Å². The molecule has 3 rings (SSSR count). The number of hydrogen-bond acceptors (Lipinski definition) is 4. The van der Waals surface area contributed by atoms with E-state index in [1.54, 1.807) is 6.20 Å². The van der Waals surface area contributed by atoms with Crippen molar-refractivity contribution >= 4 is 5.91 Å². The highest BCUT2D eigenvalue weighted by molar-refractivity contribution is 5.95. The predicted molar refractivity (Wildman–Crippen MR) is 106 cm³/mol. The number of carbonyl (C=O) groups excluding carboxylic acids is 1. The van der Waals surface area contributed by atoms with Crippen LogP contribution in [-0.2, 0) is 4.74 Å². The second-order valence-corrected chi connectivity index (χ2v) is 7.43. The standard InChI is InChI=1S/C21H30N4O2/c1-15-12-19(18(4)25(15)20-8-5-6-9-22-20)21(26)23-10-7-11-24-13-16(2)27-17(3)14-24/h5-6,8-9,12,16-17H,7,10-11,13-14H2,1-4H3,(H,23,26). The molecule has 2 aromatic heterocycles. The van der Waals surface area contributed by atoms with Gasteiger partial charge in [0.2, 0.25) is 0 Å². The van der Waals surface area contributed by atoms with Gasteiger partial charge in [0.05, 0.1) is 17.8 Å². The summed E-state index contributed by atoms with van der Waals surface area (Å²) in [6, 6.07) is 7.73. The first-order valence-electron chi connectivity index (χ1n) is 9.72. The van der Waals surface area contributed by atoms with Gasteiger partial charge in [0.25, 0.3) is 5.91 Å². The zero-order valence-electron chi connectivity index (χ0n) is 16.7.